The molecule has 0 spiro atoms. The van der Waals surface area contributed by atoms with Gasteiger partial charge in [-0.25, -0.2) is 0 Å². The molecule has 0 aromatic rings. The summed E-state index contributed by atoms with van der Waals surface area (Å²) in [6.45, 7) is 8.69. The third kappa shape index (κ3) is 5.01. The molecule has 3 nitrogen and oxygen atoms in total. The van der Waals surface area contributed by atoms with Crippen LogP contribution in [0.25, 0.3) is 0 Å². The van der Waals surface area contributed by atoms with Crippen molar-refractivity contribution < 1.29 is 5.11 Å². The van der Waals surface area contributed by atoms with Crippen molar-refractivity contribution >= 4 is 0 Å². The van der Waals surface area contributed by atoms with Crippen molar-refractivity contribution in [3.63, 3.8) is 0 Å². The number of nitrogens with one attached hydrogen (secondary N) is 1. The van der Waals surface area contributed by atoms with Gasteiger partial charge in [-0.1, -0.05) is 26.2 Å². The molecule has 1 aliphatic heterocycles. The Morgan fingerprint density at radius 1 is 1.15 bits per heavy atom. The van der Waals surface area contributed by atoms with E-state index in [0.29, 0.717) is 6.61 Å². The Morgan fingerprint density at radius 2 is 1.85 bits per heavy atom. The summed E-state index contributed by atoms with van der Waals surface area (Å²) in [5, 5.41) is 13.3. The molecule has 2 N–H and O–H groups in total. The van der Waals surface area contributed by atoms with Crippen LogP contribution >= 0.6 is 0 Å². The van der Waals surface area contributed by atoms with E-state index in [1.54, 1.807) is 0 Å². The Morgan fingerprint density at radius 3 is 2.50 bits per heavy atom. The van der Waals surface area contributed by atoms with Gasteiger partial charge in [-0.05, 0) is 64.2 Å². The Bertz CT molecular complexity index is 256. The van der Waals surface area contributed by atoms with E-state index in [2.05, 4.69) is 17.1 Å². The number of piperidine rings is 1. The van der Waals surface area contributed by atoms with Gasteiger partial charge < -0.3 is 15.3 Å². The highest BCUT2D eigenvalue weighted by Gasteiger charge is 2.30. The summed E-state index contributed by atoms with van der Waals surface area (Å²) in [4.78, 5) is 2.62. The molecule has 2 rings (SSSR count). The second-order valence-electron chi connectivity index (χ2n) is 7.27. The van der Waals surface area contributed by atoms with Crippen LogP contribution in [0.15, 0.2) is 0 Å². The molecule has 0 atom stereocenters. The Balaban J connectivity index is 1.54. The summed E-state index contributed by atoms with van der Waals surface area (Å²) in [6, 6.07) is 0. The summed E-state index contributed by atoms with van der Waals surface area (Å²) >= 11 is 0. The molecule has 20 heavy (non-hydrogen) atoms. The van der Waals surface area contributed by atoms with Gasteiger partial charge in [0.05, 0.1) is 0 Å². The van der Waals surface area contributed by atoms with Crippen molar-refractivity contribution in [3.05, 3.63) is 0 Å². The minimum Gasteiger partial charge on any atom is -0.396 e. The number of hydrogen-bond donors (Lipinski definition) is 2. The van der Waals surface area contributed by atoms with Crippen molar-refractivity contribution in [2.75, 3.05) is 39.3 Å². The number of aliphatic hydroxyl groups is 1. The molecule has 1 saturated heterocycles. The lowest BCUT2D eigenvalue weighted by Gasteiger charge is -2.36. The van der Waals surface area contributed by atoms with Crippen molar-refractivity contribution in [1.82, 2.24) is 10.2 Å². The molecule has 1 heterocycles. The molecule has 0 bridgehead atoms. The van der Waals surface area contributed by atoms with Crippen LogP contribution in [-0.2, 0) is 0 Å². The van der Waals surface area contributed by atoms with Crippen LogP contribution in [0.4, 0.5) is 0 Å². The molecule has 1 saturated carbocycles. The SMILES string of the molecule is CC1CCN(CCCNCC2(CO)CCCCC2)CC1. The Kier molecular flexibility index (Phi) is 6.79. The van der Waals surface area contributed by atoms with Crippen molar-refractivity contribution in [2.24, 2.45) is 11.3 Å². The number of hydrogen-bond acceptors (Lipinski definition) is 3. The molecule has 118 valence electrons. The highest BCUT2D eigenvalue weighted by atomic mass is 16.3. The summed E-state index contributed by atoms with van der Waals surface area (Å²) in [7, 11) is 0. The zero-order valence-electron chi connectivity index (χ0n) is 13.4. The van der Waals surface area contributed by atoms with Crippen molar-refractivity contribution in [2.45, 2.75) is 58.3 Å². The maximum Gasteiger partial charge on any atom is 0.0499 e. The van der Waals surface area contributed by atoms with Crippen LogP contribution in [-0.4, -0.2) is 49.3 Å². The molecule has 2 fully saturated rings. The maximum absolute atomic E-state index is 9.68. The predicted molar refractivity (Wildman–Crippen MR) is 84.9 cm³/mol. The summed E-state index contributed by atoms with van der Waals surface area (Å²) in [6.07, 6.45) is 10.4. The van der Waals surface area contributed by atoms with Gasteiger partial charge >= 0.3 is 0 Å². The molecule has 0 unspecified atom stereocenters. The number of nitrogens with zero attached hydrogens (tertiary/aromatic N) is 1. The van der Waals surface area contributed by atoms with Gasteiger partial charge in [-0.15, -0.1) is 0 Å². The third-order valence-corrected chi connectivity index (χ3v) is 5.45. The molecule has 1 aliphatic carbocycles. The minimum absolute atomic E-state index is 0.193. The van der Waals surface area contributed by atoms with Gasteiger partial charge in [-0.3, -0.25) is 0 Å². The quantitative estimate of drug-likeness (QED) is 0.705. The molecular weight excluding hydrogens is 248 g/mol. The molecular formula is C17H34N2O. The fourth-order valence-corrected chi connectivity index (χ4v) is 3.76. The van der Waals surface area contributed by atoms with E-state index in [1.807, 2.05) is 0 Å². The maximum atomic E-state index is 9.68. The average molecular weight is 282 g/mol. The summed E-state index contributed by atoms with van der Waals surface area (Å²) < 4.78 is 0. The third-order valence-electron chi connectivity index (χ3n) is 5.45. The largest absolute Gasteiger partial charge is 0.396 e. The highest BCUT2D eigenvalue weighted by Crippen LogP contribution is 2.35. The molecule has 2 aliphatic rings. The van der Waals surface area contributed by atoms with Crippen molar-refractivity contribution in [1.29, 1.82) is 0 Å². The lowest BCUT2D eigenvalue weighted by Crippen LogP contribution is -2.40. The number of likely N-dealkylation sites (tertiary alicyclic amines) is 1. The summed E-state index contributed by atoms with van der Waals surface area (Å²) in [5.74, 6) is 0.931. The van der Waals surface area contributed by atoms with Crippen LogP contribution in [0, 0.1) is 11.3 Å². The Hall–Kier alpha value is -0.120. The van der Waals surface area contributed by atoms with Gasteiger partial charge in [0.1, 0.15) is 0 Å². The lowest BCUT2D eigenvalue weighted by molar-refractivity contribution is 0.0810. The zero-order valence-corrected chi connectivity index (χ0v) is 13.4. The highest BCUT2D eigenvalue weighted by molar-refractivity contribution is 4.84. The first kappa shape index (κ1) is 16.3. The van der Waals surface area contributed by atoms with Gasteiger partial charge in [0.15, 0.2) is 0 Å². The summed E-state index contributed by atoms with van der Waals surface area (Å²) in [5.41, 5.74) is 0.193. The normalized spacial score (nSPS) is 24.9. The van der Waals surface area contributed by atoms with Gasteiger partial charge in [0.25, 0.3) is 0 Å². The van der Waals surface area contributed by atoms with Crippen LogP contribution in [0.1, 0.15) is 58.3 Å². The Labute approximate surface area is 125 Å². The fraction of sp³-hybridized carbons (Fsp3) is 1.00. The van der Waals surface area contributed by atoms with E-state index in [4.69, 9.17) is 0 Å². The van der Waals surface area contributed by atoms with E-state index in [0.717, 1.165) is 19.0 Å². The smallest absolute Gasteiger partial charge is 0.0499 e. The molecule has 0 amide bonds. The standard InChI is InChI=1S/C17H34N2O/c1-16-6-12-19(13-7-16)11-5-10-18-14-17(15-20)8-3-2-4-9-17/h16,18,20H,2-15H2,1H3. The lowest BCUT2D eigenvalue weighted by atomic mass is 9.74. The predicted octanol–water partition coefficient (Wildman–Crippen LogP) is 2.64. The zero-order chi connectivity index (χ0) is 14.3. The van der Waals surface area contributed by atoms with Crippen LogP contribution < -0.4 is 5.32 Å². The van der Waals surface area contributed by atoms with E-state index in [9.17, 15) is 5.11 Å². The number of aliphatic hydroxyl groups excluding tert-OH is 1. The van der Waals surface area contributed by atoms with E-state index < -0.39 is 0 Å². The number of rotatable bonds is 7. The first-order valence-corrected chi connectivity index (χ1v) is 8.78. The van der Waals surface area contributed by atoms with E-state index in [-0.39, 0.29) is 5.41 Å². The molecule has 0 aromatic heterocycles. The minimum atomic E-state index is 0.193. The first-order valence-electron chi connectivity index (χ1n) is 8.78. The topological polar surface area (TPSA) is 35.5 Å². The molecule has 3 heteroatoms. The van der Waals surface area contributed by atoms with Crippen LogP contribution in [0.2, 0.25) is 0 Å². The van der Waals surface area contributed by atoms with E-state index in [1.165, 1.54) is 71.0 Å². The fourth-order valence-electron chi connectivity index (χ4n) is 3.76. The second kappa shape index (κ2) is 8.35. The average Bonchev–Trinajstić information content (AvgIpc) is 2.50. The second-order valence-corrected chi connectivity index (χ2v) is 7.27. The molecule has 0 aromatic carbocycles. The van der Waals surface area contributed by atoms with Crippen LogP contribution in [0.5, 0.6) is 0 Å². The van der Waals surface area contributed by atoms with Gasteiger partial charge in [0.2, 0.25) is 0 Å². The van der Waals surface area contributed by atoms with E-state index >= 15 is 0 Å². The van der Waals surface area contributed by atoms with Crippen LogP contribution in [0.3, 0.4) is 0 Å². The van der Waals surface area contributed by atoms with Gasteiger partial charge in [-0.2, -0.15) is 0 Å². The first-order chi connectivity index (χ1) is 9.74. The van der Waals surface area contributed by atoms with Gasteiger partial charge in [0, 0.05) is 18.6 Å². The monoisotopic (exact) mass is 282 g/mol. The molecule has 0 radical (unpaired) electrons. The van der Waals surface area contributed by atoms with Crippen molar-refractivity contribution in [3.8, 4) is 0 Å².